The summed E-state index contributed by atoms with van der Waals surface area (Å²) in [6.07, 6.45) is 15.6. The first-order valence-corrected chi connectivity index (χ1v) is 20.8. The van der Waals surface area contributed by atoms with Crippen molar-refractivity contribution in [3.05, 3.63) is 53.6 Å². The number of benzene rings is 1. The van der Waals surface area contributed by atoms with Crippen LogP contribution < -0.4 is 5.32 Å². The molecular formula is C46H66N2O5. The fraction of sp³-hybridized carbons (Fsp3) is 0.717. The number of carboxylic acid groups (broad SMARTS) is 1. The van der Waals surface area contributed by atoms with Gasteiger partial charge < -0.3 is 20.1 Å². The second-order valence-electron chi connectivity index (χ2n) is 19.7. The number of likely N-dealkylation sites (tertiary alicyclic amines) is 1. The fourth-order valence-corrected chi connectivity index (χ4v) is 14.6. The molecule has 5 aliphatic carbocycles. The Morgan fingerprint density at radius 1 is 0.925 bits per heavy atom. The van der Waals surface area contributed by atoms with E-state index < -0.39 is 12.0 Å². The van der Waals surface area contributed by atoms with Crippen LogP contribution in [0.5, 0.6) is 0 Å². The van der Waals surface area contributed by atoms with E-state index in [4.69, 9.17) is 4.74 Å². The van der Waals surface area contributed by atoms with Crippen molar-refractivity contribution in [3.63, 3.8) is 0 Å². The maximum atomic E-state index is 13.2. The van der Waals surface area contributed by atoms with Crippen molar-refractivity contribution in [2.75, 3.05) is 26.7 Å². The molecule has 7 heteroatoms. The predicted molar refractivity (Wildman–Crippen MR) is 210 cm³/mol. The molecule has 4 saturated carbocycles. The van der Waals surface area contributed by atoms with Crippen LogP contribution in [0.4, 0.5) is 0 Å². The number of allylic oxidation sites excluding steroid dienone is 3. The minimum Gasteiger partial charge on any atom is -0.478 e. The van der Waals surface area contributed by atoms with Crippen molar-refractivity contribution in [1.82, 2.24) is 10.2 Å². The standard InChI is InChI=1S/C46H66N2O5/c1-29(2)32-17-23-46(28-47-26-20-38(49)48-27-9-10-35(48)41(52)53-8)25-24-44(6)34(39(32)46)15-16-37-43(5)21-18-33(30-11-13-31(14-12-30)40(50)51)42(3,4)36(43)19-22-45(37,44)7/h11-14,18,32,34-37,39,47H,1,9-10,15-17,19-28H2,2-8H3,(H,50,51)/t32-,34+,35?,36-,37+,39+,43-,44+,45+,46+/m0/s1. The number of nitrogens with zero attached hydrogens (tertiary/aromatic N) is 1. The number of carbonyl (C=O) groups excluding carboxylic acids is 2. The SMILES string of the molecule is C=C(C)[C@@H]1CC[C@]2(CNCCC(=O)N3CCCC3C(=O)OC)CC[C@]3(C)[C@H](CC[C@@H]4[C@@]5(C)CC=C(c6ccc(C(=O)O)cc6)C(C)(C)[C@@H]5CC[C@]43C)[C@@H]12. The summed E-state index contributed by atoms with van der Waals surface area (Å²) in [5.41, 5.74) is 5.20. The van der Waals surface area contributed by atoms with Crippen molar-refractivity contribution in [1.29, 1.82) is 0 Å². The first-order valence-electron chi connectivity index (χ1n) is 20.8. The number of methoxy groups -OCH3 is 1. The number of nitrogens with one attached hydrogen (secondary N) is 1. The molecule has 0 radical (unpaired) electrons. The fourth-order valence-electron chi connectivity index (χ4n) is 14.6. The van der Waals surface area contributed by atoms with E-state index in [0.29, 0.717) is 61.1 Å². The smallest absolute Gasteiger partial charge is 0.335 e. The second kappa shape index (κ2) is 13.7. The zero-order chi connectivity index (χ0) is 38.1. The molecule has 1 heterocycles. The number of carboxylic acids is 1. The van der Waals surface area contributed by atoms with Crippen molar-refractivity contribution in [2.45, 2.75) is 125 Å². The molecule has 0 spiro atoms. The Labute approximate surface area is 318 Å². The minimum absolute atomic E-state index is 0.00289. The molecule has 0 bridgehead atoms. The lowest BCUT2D eigenvalue weighted by Gasteiger charge is -2.72. The Hall–Kier alpha value is -2.93. The number of hydrogen-bond acceptors (Lipinski definition) is 5. The monoisotopic (exact) mass is 726 g/mol. The van der Waals surface area contributed by atoms with Crippen molar-refractivity contribution in [3.8, 4) is 0 Å². The average Bonchev–Trinajstić information content (AvgIpc) is 3.76. The molecule has 7 rings (SSSR count). The summed E-state index contributed by atoms with van der Waals surface area (Å²) in [7, 11) is 1.41. The quantitative estimate of drug-likeness (QED) is 0.150. The first kappa shape index (κ1) is 38.3. The van der Waals surface area contributed by atoms with Gasteiger partial charge in [0.15, 0.2) is 0 Å². The van der Waals surface area contributed by atoms with Crippen LogP contribution in [0.25, 0.3) is 5.57 Å². The normalized spacial score (nSPS) is 39.9. The third kappa shape index (κ3) is 5.87. The molecular weight excluding hydrogens is 661 g/mol. The lowest BCUT2D eigenvalue weighted by molar-refractivity contribution is -0.225. The number of ether oxygens (including phenoxy) is 1. The van der Waals surface area contributed by atoms with E-state index in [2.05, 4.69) is 59.5 Å². The van der Waals surface area contributed by atoms with Gasteiger partial charge in [-0.25, -0.2) is 9.59 Å². The van der Waals surface area contributed by atoms with E-state index in [0.717, 1.165) is 19.4 Å². The minimum atomic E-state index is -0.874. The summed E-state index contributed by atoms with van der Waals surface area (Å²) < 4.78 is 4.98. The summed E-state index contributed by atoms with van der Waals surface area (Å²) in [5, 5.41) is 13.3. The molecule has 290 valence electrons. The van der Waals surface area contributed by atoms with Gasteiger partial charge in [0.25, 0.3) is 0 Å². The molecule has 53 heavy (non-hydrogen) atoms. The number of amides is 1. The number of carbonyl (C=O) groups is 3. The van der Waals surface area contributed by atoms with Crippen LogP contribution in [-0.4, -0.2) is 60.6 Å². The van der Waals surface area contributed by atoms with E-state index in [1.54, 1.807) is 17.0 Å². The molecule has 6 aliphatic rings. The molecule has 10 atom stereocenters. The van der Waals surface area contributed by atoms with Crippen molar-refractivity contribution < 1.29 is 24.2 Å². The molecule has 1 unspecified atom stereocenters. The lowest BCUT2D eigenvalue weighted by Crippen LogP contribution is -2.65. The van der Waals surface area contributed by atoms with Gasteiger partial charge in [-0.3, -0.25) is 4.79 Å². The highest BCUT2D eigenvalue weighted by molar-refractivity contribution is 5.88. The zero-order valence-corrected chi connectivity index (χ0v) is 33.7. The van der Waals surface area contributed by atoms with Gasteiger partial charge >= 0.3 is 11.9 Å². The molecule has 1 aliphatic heterocycles. The van der Waals surface area contributed by atoms with Crippen LogP contribution in [0, 0.1) is 56.7 Å². The molecule has 5 fully saturated rings. The molecule has 1 aromatic rings. The van der Waals surface area contributed by atoms with E-state index in [1.807, 2.05) is 12.1 Å². The highest BCUT2D eigenvalue weighted by Crippen LogP contribution is 2.77. The first-order chi connectivity index (χ1) is 25.0. The Morgan fingerprint density at radius 2 is 1.66 bits per heavy atom. The lowest BCUT2D eigenvalue weighted by atomic mass is 9.32. The van der Waals surface area contributed by atoms with Gasteiger partial charge in [-0.15, -0.1) is 0 Å². The van der Waals surface area contributed by atoms with Gasteiger partial charge in [-0.05, 0) is 157 Å². The molecule has 7 nitrogen and oxygen atoms in total. The number of esters is 1. The maximum Gasteiger partial charge on any atom is 0.335 e. The number of hydrogen-bond donors (Lipinski definition) is 2. The third-order valence-corrected chi connectivity index (χ3v) is 17.3. The molecule has 2 N–H and O–H groups in total. The van der Waals surface area contributed by atoms with Gasteiger partial charge in [0.1, 0.15) is 6.04 Å². The zero-order valence-electron chi connectivity index (χ0n) is 33.7. The molecule has 1 amide bonds. The summed E-state index contributed by atoms with van der Waals surface area (Å²) in [6.45, 7) is 22.0. The predicted octanol–water partition coefficient (Wildman–Crippen LogP) is 9.18. The number of fused-ring (bicyclic) bond motifs is 7. The van der Waals surface area contributed by atoms with Gasteiger partial charge in [0.2, 0.25) is 5.91 Å². The van der Waals surface area contributed by atoms with Crippen LogP contribution in [0.15, 0.2) is 42.5 Å². The van der Waals surface area contributed by atoms with E-state index >= 15 is 0 Å². The maximum absolute atomic E-state index is 13.2. The molecule has 1 aromatic carbocycles. The van der Waals surface area contributed by atoms with Gasteiger partial charge in [0.05, 0.1) is 12.7 Å². The summed E-state index contributed by atoms with van der Waals surface area (Å²) in [4.78, 5) is 38.8. The highest BCUT2D eigenvalue weighted by Gasteiger charge is 2.70. The van der Waals surface area contributed by atoms with E-state index in [9.17, 15) is 19.5 Å². The summed E-state index contributed by atoms with van der Waals surface area (Å²) in [6, 6.07) is 7.14. The van der Waals surface area contributed by atoms with Crippen LogP contribution in [0.1, 0.15) is 135 Å². The Balaban J connectivity index is 1.10. The summed E-state index contributed by atoms with van der Waals surface area (Å²) >= 11 is 0. The van der Waals surface area contributed by atoms with Crippen LogP contribution in [0.3, 0.4) is 0 Å². The summed E-state index contributed by atoms with van der Waals surface area (Å²) in [5.74, 6) is 1.93. The van der Waals surface area contributed by atoms with Crippen LogP contribution in [0.2, 0.25) is 0 Å². The Kier molecular flexibility index (Phi) is 9.89. The van der Waals surface area contributed by atoms with Gasteiger partial charge in [-0.1, -0.05) is 65.0 Å². The largest absolute Gasteiger partial charge is 0.478 e. The highest BCUT2D eigenvalue weighted by atomic mass is 16.5. The van der Waals surface area contributed by atoms with E-state index in [1.165, 1.54) is 75.2 Å². The average molecular weight is 727 g/mol. The number of rotatable bonds is 9. The van der Waals surface area contributed by atoms with Gasteiger partial charge in [0, 0.05) is 26.1 Å². The van der Waals surface area contributed by atoms with E-state index in [-0.39, 0.29) is 39.0 Å². The second-order valence-corrected chi connectivity index (χ2v) is 19.7. The molecule has 1 saturated heterocycles. The van der Waals surface area contributed by atoms with Crippen LogP contribution in [-0.2, 0) is 14.3 Å². The third-order valence-electron chi connectivity index (χ3n) is 17.3. The molecule has 0 aromatic heterocycles. The van der Waals surface area contributed by atoms with Crippen molar-refractivity contribution in [2.24, 2.45) is 56.7 Å². The topological polar surface area (TPSA) is 95.9 Å². The van der Waals surface area contributed by atoms with Gasteiger partial charge in [-0.2, -0.15) is 0 Å². The van der Waals surface area contributed by atoms with Crippen LogP contribution >= 0.6 is 0 Å². The number of aromatic carboxylic acids is 1. The Bertz CT molecular complexity index is 1660. The van der Waals surface area contributed by atoms with Crippen molar-refractivity contribution >= 4 is 23.4 Å². The Morgan fingerprint density at radius 3 is 2.34 bits per heavy atom.